The van der Waals surface area contributed by atoms with Crippen molar-refractivity contribution >= 4 is 5.97 Å². The highest BCUT2D eigenvalue weighted by Crippen LogP contribution is 2.35. The zero-order chi connectivity index (χ0) is 21.9. The van der Waals surface area contributed by atoms with Crippen LogP contribution < -0.4 is 0 Å². The van der Waals surface area contributed by atoms with Gasteiger partial charge in [-0.2, -0.15) is 0 Å². The van der Waals surface area contributed by atoms with Crippen LogP contribution in [0.1, 0.15) is 23.6 Å². The van der Waals surface area contributed by atoms with E-state index in [1.807, 2.05) is 80.7 Å². The predicted octanol–water partition coefficient (Wildman–Crippen LogP) is 4.68. The maximum Gasteiger partial charge on any atom is 0.347 e. The molecule has 3 aromatic carbocycles. The van der Waals surface area contributed by atoms with Crippen molar-refractivity contribution < 1.29 is 14.3 Å². The van der Waals surface area contributed by atoms with Gasteiger partial charge in [0.05, 0.1) is 0 Å². The monoisotopic (exact) mass is 417 g/mol. The Hall–Kier alpha value is -2.95. The first-order valence-electron chi connectivity index (χ1n) is 10.8. The second-order valence-electron chi connectivity index (χ2n) is 7.52. The summed E-state index contributed by atoms with van der Waals surface area (Å²) in [6.07, 6.45) is 0.961. The van der Waals surface area contributed by atoms with Gasteiger partial charge in [-0.05, 0) is 37.1 Å². The summed E-state index contributed by atoms with van der Waals surface area (Å²) >= 11 is 0. The average Bonchev–Trinajstić information content (AvgIpc) is 2.83. The largest absolute Gasteiger partial charge is 0.462 e. The SMILES string of the molecule is CCOC(C(=O)OCCN(C)CCc1ccccc1)(c1ccccc1)c1ccccc1. The number of hydrogen-bond acceptors (Lipinski definition) is 4. The molecule has 0 spiro atoms. The maximum absolute atomic E-state index is 13.5. The van der Waals surface area contributed by atoms with Gasteiger partial charge in [-0.15, -0.1) is 0 Å². The van der Waals surface area contributed by atoms with E-state index in [1.165, 1.54) is 5.56 Å². The molecule has 0 aliphatic carbocycles. The summed E-state index contributed by atoms with van der Waals surface area (Å²) in [5, 5.41) is 0. The molecule has 0 aliphatic heterocycles. The minimum Gasteiger partial charge on any atom is -0.462 e. The van der Waals surface area contributed by atoms with Crippen LogP contribution in [-0.4, -0.2) is 44.2 Å². The molecule has 0 bridgehead atoms. The average molecular weight is 418 g/mol. The summed E-state index contributed by atoms with van der Waals surface area (Å²) in [5.74, 6) is -0.386. The van der Waals surface area contributed by atoms with Crippen LogP contribution in [0, 0.1) is 0 Å². The number of esters is 1. The molecule has 0 saturated carbocycles. The van der Waals surface area contributed by atoms with Gasteiger partial charge < -0.3 is 14.4 Å². The van der Waals surface area contributed by atoms with Gasteiger partial charge in [0.1, 0.15) is 6.61 Å². The molecule has 0 atom stereocenters. The standard InChI is InChI=1S/C27H31NO3/c1-3-31-27(24-15-9-5-10-16-24,25-17-11-6-12-18-25)26(29)30-22-21-28(2)20-19-23-13-7-4-8-14-23/h4-18H,3,19-22H2,1-2H3. The number of benzene rings is 3. The summed E-state index contributed by atoms with van der Waals surface area (Å²) in [5.41, 5.74) is 1.56. The van der Waals surface area contributed by atoms with E-state index in [9.17, 15) is 4.79 Å². The van der Waals surface area contributed by atoms with Crippen LogP contribution >= 0.6 is 0 Å². The lowest BCUT2D eigenvalue weighted by molar-refractivity contribution is -0.168. The van der Waals surface area contributed by atoms with Crippen LogP contribution in [0.2, 0.25) is 0 Å². The van der Waals surface area contributed by atoms with E-state index in [4.69, 9.17) is 9.47 Å². The van der Waals surface area contributed by atoms with E-state index in [0.29, 0.717) is 19.8 Å². The molecule has 3 rings (SSSR count). The van der Waals surface area contributed by atoms with Crippen LogP contribution in [0.25, 0.3) is 0 Å². The highest BCUT2D eigenvalue weighted by atomic mass is 16.6. The molecule has 0 N–H and O–H groups in total. The molecule has 0 unspecified atom stereocenters. The van der Waals surface area contributed by atoms with Crippen molar-refractivity contribution in [3.8, 4) is 0 Å². The fourth-order valence-corrected chi connectivity index (χ4v) is 3.66. The molecule has 0 aromatic heterocycles. The number of likely N-dealkylation sites (N-methyl/N-ethyl adjacent to an activating group) is 1. The van der Waals surface area contributed by atoms with Gasteiger partial charge in [-0.3, -0.25) is 0 Å². The smallest absolute Gasteiger partial charge is 0.347 e. The molecule has 0 aliphatic rings. The molecule has 162 valence electrons. The number of nitrogens with zero attached hydrogens (tertiary/aromatic N) is 1. The third kappa shape index (κ3) is 5.81. The summed E-state index contributed by atoms with van der Waals surface area (Å²) in [6.45, 7) is 4.14. The molecule has 31 heavy (non-hydrogen) atoms. The number of carbonyl (C=O) groups excluding carboxylic acids is 1. The Bertz CT molecular complexity index is 873. The highest BCUT2D eigenvalue weighted by Gasteiger charge is 2.44. The van der Waals surface area contributed by atoms with Gasteiger partial charge in [-0.25, -0.2) is 4.79 Å². The third-order valence-corrected chi connectivity index (χ3v) is 5.34. The molecule has 0 radical (unpaired) electrons. The second kappa shape index (κ2) is 11.4. The molecular weight excluding hydrogens is 386 g/mol. The van der Waals surface area contributed by atoms with E-state index >= 15 is 0 Å². The first kappa shape index (κ1) is 22.7. The van der Waals surface area contributed by atoms with E-state index in [1.54, 1.807) is 0 Å². The zero-order valence-corrected chi connectivity index (χ0v) is 18.4. The lowest BCUT2D eigenvalue weighted by Gasteiger charge is -2.32. The van der Waals surface area contributed by atoms with Gasteiger partial charge in [0, 0.05) is 19.7 Å². The Morgan fingerprint density at radius 3 is 1.84 bits per heavy atom. The quantitative estimate of drug-likeness (QED) is 0.425. The molecule has 4 nitrogen and oxygen atoms in total. The third-order valence-electron chi connectivity index (χ3n) is 5.34. The maximum atomic E-state index is 13.5. The van der Waals surface area contributed by atoms with Gasteiger partial charge in [0.25, 0.3) is 0 Å². The summed E-state index contributed by atoms with van der Waals surface area (Å²) < 4.78 is 11.9. The molecule has 4 heteroatoms. The molecule has 0 saturated heterocycles. The van der Waals surface area contributed by atoms with Crippen molar-refractivity contribution in [2.75, 3.05) is 33.4 Å². The molecule has 0 heterocycles. The summed E-state index contributed by atoms with van der Waals surface area (Å²) in [4.78, 5) is 15.6. The summed E-state index contributed by atoms with van der Waals surface area (Å²) in [7, 11) is 2.04. The van der Waals surface area contributed by atoms with Crippen molar-refractivity contribution in [3.05, 3.63) is 108 Å². The molecule has 0 fully saturated rings. The Balaban J connectivity index is 1.69. The van der Waals surface area contributed by atoms with Crippen LogP contribution in [0.15, 0.2) is 91.0 Å². The Labute approximate surface area is 185 Å². The van der Waals surface area contributed by atoms with E-state index < -0.39 is 5.60 Å². The van der Waals surface area contributed by atoms with Crippen molar-refractivity contribution in [1.29, 1.82) is 0 Å². The van der Waals surface area contributed by atoms with Gasteiger partial charge in [0.2, 0.25) is 5.60 Å². The Morgan fingerprint density at radius 1 is 0.806 bits per heavy atom. The Morgan fingerprint density at radius 2 is 1.32 bits per heavy atom. The zero-order valence-electron chi connectivity index (χ0n) is 18.4. The molecule has 3 aromatic rings. The van der Waals surface area contributed by atoms with Gasteiger partial charge >= 0.3 is 5.97 Å². The van der Waals surface area contributed by atoms with Gasteiger partial charge in [-0.1, -0.05) is 91.0 Å². The fourth-order valence-electron chi connectivity index (χ4n) is 3.66. The number of rotatable bonds is 11. The minimum atomic E-state index is -1.28. The van der Waals surface area contributed by atoms with Gasteiger partial charge in [0.15, 0.2) is 0 Å². The lowest BCUT2D eigenvalue weighted by atomic mass is 9.86. The van der Waals surface area contributed by atoms with Crippen LogP contribution in [-0.2, 0) is 26.3 Å². The first-order valence-corrected chi connectivity index (χ1v) is 10.8. The van der Waals surface area contributed by atoms with E-state index in [0.717, 1.165) is 24.1 Å². The topological polar surface area (TPSA) is 38.8 Å². The molecular formula is C27H31NO3. The second-order valence-corrected chi connectivity index (χ2v) is 7.52. The van der Waals surface area contributed by atoms with Crippen LogP contribution in [0.5, 0.6) is 0 Å². The number of ether oxygens (including phenoxy) is 2. The van der Waals surface area contributed by atoms with Crippen molar-refractivity contribution in [3.63, 3.8) is 0 Å². The summed E-state index contributed by atoms with van der Waals surface area (Å²) in [6, 6.07) is 29.6. The normalized spacial score (nSPS) is 11.5. The predicted molar refractivity (Wildman–Crippen MR) is 124 cm³/mol. The first-order chi connectivity index (χ1) is 15.2. The number of carbonyl (C=O) groups is 1. The van der Waals surface area contributed by atoms with E-state index in [-0.39, 0.29) is 5.97 Å². The number of hydrogen-bond donors (Lipinski definition) is 0. The van der Waals surface area contributed by atoms with E-state index in [2.05, 4.69) is 29.2 Å². The van der Waals surface area contributed by atoms with Crippen LogP contribution in [0.3, 0.4) is 0 Å². The Kier molecular flexibility index (Phi) is 8.39. The van der Waals surface area contributed by atoms with Crippen molar-refractivity contribution in [2.45, 2.75) is 18.9 Å². The lowest BCUT2D eigenvalue weighted by Crippen LogP contribution is -2.42. The minimum absolute atomic E-state index is 0.304. The fraction of sp³-hybridized carbons (Fsp3) is 0.296. The van der Waals surface area contributed by atoms with Crippen molar-refractivity contribution in [1.82, 2.24) is 4.90 Å². The van der Waals surface area contributed by atoms with Crippen molar-refractivity contribution in [2.24, 2.45) is 0 Å². The highest BCUT2D eigenvalue weighted by molar-refractivity contribution is 5.85. The van der Waals surface area contributed by atoms with Crippen LogP contribution in [0.4, 0.5) is 0 Å². The molecule has 0 amide bonds.